The van der Waals surface area contributed by atoms with Crippen molar-refractivity contribution >= 4 is 34.8 Å². The van der Waals surface area contributed by atoms with Gasteiger partial charge in [0.1, 0.15) is 0 Å². The topological polar surface area (TPSA) is 65.4 Å². The number of aromatic nitrogens is 2. The highest BCUT2D eigenvalue weighted by atomic mass is 15.3. The number of hydrogen-bond donors (Lipinski definition) is 2. The van der Waals surface area contributed by atoms with Gasteiger partial charge in [0.25, 0.3) is 0 Å². The van der Waals surface area contributed by atoms with Crippen LogP contribution in [-0.2, 0) is 0 Å². The molecule has 3 aromatic carbocycles. The summed E-state index contributed by atoms with van der Waals surface area (Å²) in [6.45, 7) is 0. The molecule has 1 aromatic heterocycles. The summed E-state index contributed by atoms with van der Waals surface area (Å²) in [6.07, 6.45) is 5.55. The third-order valence-electron chi connectivity index (χ3n) is 4.03. The van der Waals surface area contributed by atoms with E-state index in [4.69, 9.17) is 0 Å². The minimum Gasteiger partial charge on any atom is -0.335 e. The van der Waals surface area contributed by atoms with E-state index in [1.807, 2.05) is 97.1 Å². The second-order valence-electron chi connectivity index (χ2n) is 6.06. The molecule has 28 heavy (non-hydrogen) atoms. The highest BCUT2D eigenvalue weighted by Crippen LogP contribution is 2.14. The molecule has 0 unspecified atom stereocenters. The molecule has 0 fully saturated rings. The second kappa shape index (κ2) is 8.60. The molecule has 5 nitrogen and oxygen atoms in total. The zero-order chi connectivity index (χ0) is 19.0. The van der Waals surface area contributed by atoms with Gasteiger partial charge in [-0.15, -0.1) is 0 Å². The predicted molar refractivity (Wildman–Crippen MR) is 116 cm³/mol. The molecular formula is C23H19N5. The van der Waals surface area contributed by atoms with E-state index < -0.39 is 0 Å². The van der Waals surface area contributed by atoms with Gasteiger partial charge in [-0.2, -0.15) is 5.10 Å². The first kappa shape index (κ1) is 17.4. The molecule has 0 aliphatic heterocycles. The summed E-state index contributed by atoms with van der Waals surface area (Å²) in [6, 6.07) is 27.7. The average Bonchev–Trinajstić information content (AvgIpc) is 3.18. The Labute approximate surface area is 163 Å². The molecule has 0 atom stereocenters. The lowest BCUT2D eigenvalue weighted by Gasteiger charge is -2.02. The quantitative estimate of drug-likeness (QED) is 0.299. The summed E-state index contributed by atoms with van der Waals surface area (Å²) < 4.78 is 0. The monoisotopic (exact) mass is 365 g/mol. The Kier molecular flexibility index (Phi) is 5.35. The third kappa shape index (κ3) is 4.40. The molecule has 0 radical (unpaired) electrons. The molecule has 0 saturated carbocycles. The van der Waals surface area contributed by atoms with Gasteiger partial charge in [0.05, 0.1) is 16.7 Å². The van der Waals surface area contributed by atoms with Crippen molar-refractivity contribution in [3.63, 3.8) is 0 Å². The van der Waals surface area contributed by atoms with Gasteiger partial charge in [-0.05, 0) is 35.9 Å². The van der Waals surface area contributed by atoms with E-state index in [0.29, 0.717) is 11.7 Å². The van der Waals surface area contributed by atoms with Crippen LogP contribution in [0.15, 0.2) is 101 Å². The maximum atomic E-state index is 4.65. The summed E-state index contributed by atoms with van der Waals surface area (Å²) in [5.74, 6) is 1.18. The van der Waals surface area contributed by atoms with Crippen LogP contribution in [0.5, 0.6) is 0 Å². The normalized spacial score (nSPS) is 12.2. The van der Waals surface area contributed by atoms with Crippen LogP contribution >= 0.6 is 0 Å². The van der Waals surface area contributed by atoms with Crippen molar-refractivity contribution < 1.29 is 0 Å². The summed E-state index contributed by atoms with van der Waals surface area (Å²) in [5.41, 5.74) is 6.78. The van der Waals surface area contributed by atoms with Crippen LogP contribution in [0.4, 0.5) is 5.69 Å². The molecule has 4 aromatic rings. The molecule has 4 rings (SSSR count). The number of H-pyrrole nitrogens is 1. The Morgan fingerprint density at radius 2 is 1.57 bits per heavy atom. The molecule has 0 spiro atoms. The van der Waals surface area contributed by atoms with Crippen molar-refractivity contribution in [3.05, 3.63) is 102 Å². The molecule has 1 heterocycles. The van der Waals surface area contributed by atoms with Crippen molar-refractivity contribution in [2.75, 3.05) is 0 Å². The molecule has 0 aliphatic rings. The first-order valence-corrected chi connectivity index (χ1v) is 8.98. The SMILES string of the molecule is C(/C=C/c1ccccc1)=N/NC(=Nc1ccccc1)c1nc2ccccc2[nH]1. The molecule has 0 amide bonds. The van der Waals surface area contributed by atoms with E-state index in [9.17, 15) is 0 Å². The standard InChI is InChI=1S/C23H19N5/c1-3-10-18(11-4-1)12-9-17-24-28-23(25-19-13-5-2-6-14-19)22-26-20-15-7-8-16-21(20)27-22/h1-17H,(H,25,28)(H,26,27)/b12-9+,24-17-. The highest BCUT2D eigenvalue weighted by molar-refractivity contribution is 6.00. The zero-order valence-electron chi connectivity index (χ0n) is 15.2. The Morgan fingerprint density at radius 3 is 2.36 bits per heavy atom. The number of fused-ring (bicyclic) bond motifs is 1. The van der Waals surface area contributed by atoms with Gasteiger partial charge < -0.3 is 4.98 Å². The fourth-order valence-corrected chi connectivity index (χ4v) is 2.69. The lowest BCUT2D eigenvalue weighted by molar-refractivity contribution is 1.01. The number of nitrogens with zero attached hydrogens (tertiary/aromatic N) is 3. The number of hydrogen-bond acceptors (Lipinski definition) is 3. The molecular weight excluding hydrogens is 346 g/mol. The predicted octanol–water partition coefficient (Wildman–Crippen LogP) is 4.93. The molecule has 136 valence electrons. The van der Waals surface area contributed by atoms with E-state index >= 15 is 0 Å². The first-order chi connectivity index (χ1) is 13.9. The number of nitrogens with one attached hydrogen (secondary N) is 2. The second-order valence-corrected chi connectivity index (χ2v) is 6.06. The molecule has 2 N–H and O–H groups in total. The zero-order valence-corrected chi connectivity index (χ0v) is 15.2. The van der Waals surface area contributed by atoms with Crippen molar-refractivity contribution in [3.8, 4) is 0 Å². The number of hydrazone groups is 1. The van der Waals surface area contributed by atoms with Crippen LogP contribution in [-0.4, -0.2) is 22.0 Å². The van der Waals surface area contributed by atoms with Gasteiger partial charge in [-0.1, -0.05) is 66.7 Å². The maximum absolute atomic E-state index is 4.65. The average molecular weight is 365 g/mol. The molecule has 5 heteroatoms. The van der Waals surface area contributed by atoms with Crippen molar-refractivity contribution in [2.24, 2.45) is 10.1 Å². The van der Waals surface area contributed by atoms with Crippen LogP contribution < -0.4 is 5.43 Å². The molecule has 0 saturated heterocycles. The van der Waals surface area contributed by atoms with Gasteiger partial charge in [-0.3, -0.25) is 5.43 Å². The van der Waals surface area contributed by atoms with Crippen LogP contribution in [0.1, 0.15) is 11.4 Å². The van der Waals surface area contributed by atoms with Crippen LogP contribution in [0.25, 0.3) is 17.1 Å². The largest absolute Gasteiger partial charge is 0.335 e. The van der Waals surface area contributed by atoms with Crippen LogP contribution in [0.2, 0.25) is 0 Å². The first-order valence-electron chi connectivity index (χ1n) is 8.98. The molecule has 0 bridgehead atoms. The van der Waals surface area contributed by atoms with Crippen molar-refractivity contribution in [1.82, 2.24) is 15.4 Å². The number of allylic oxidation sites excluding steroid dienone is 1. The van der Waals surface area contributed by atoms with Crippen molar-refractivity contribution in [1.29, 1.82) is 0 Å². The summed E-state index contributed by atoms with van der Waals surface area (Å²) in [4.78, 5) is 12.6. The van der Waals surface area contributed by atoms with E-state index in [1.54, 1.807) is 6.21 Å². The minimum atomic E-state index is 0.548. The fourth-order valence-electron chi connectivity index (χ4n) is 2.69. The summed E-state index contributed by atoms with van der Waals surface area (Å²) >= 11 is 0. The van der Waals surface area contributed by atoms with E-state index in [0.717, 1.165) is 22.3 Å². The number of para-hydroxylation sites is 3. The smallest absolute Gasteiger partial charge is 0.190 e. The Hall–Kier alpha value is -3.99. The summed E-state index contributed by atoms with van der Waals surface area (Å²) in [5, 5.41) is 4.28. The number of benzene rings is 3. The number of aromatic amines is 1. The fraction of sp³-hybridized carbons (Fsp3) is 0. The Morgan fingerprint density at radius 1 is 0.857 bits per heavy atom. The highest BCUT2D eigenvalue weighted by Gasteiger charge is 2.09. The van der Waals surface area contributed by atoms with E-state index in [1.165, 1.54) is 0 Å². The van der Waals surface area contributed by atoms with E-state index in [2.05, 4.69) is 25.5 Å². The van der Waals surface area contributed by atoms with Gasteiger partial charge in [0, 0.05) is 6.21 Å². The van der Waals surface area contributed by atoms with Crippen molar-refractivity contribution in [2.45, 2.75) is 0 Å². The number of amidine groups is 1. The van der Waals surface area contributed by atoms with Gasteiger partial charge >= 0.3 is 0 Å². The van der Waals surface area contributed by atoms with Crippen LogP contribution in [0, 0.1) is 0 Å². The summed E-state index contributed by atoms with van der Waals surface area (Å²) in [7, 11) is 0. The van der Waals surface area contributed by atoms with Crippen LogP contribution in [0.3, 0.4) is 0 Å². The Balaban J connectivity index is 1.57. The van der Waals surface area contributed by atoms with Gasteiger partial charge in [0.2, 0.25) is 0 Å². The lowest BCUT2D eigenvalue weighted by Crippen LogP contribution is -2.20. The minimum absolute atomic E-state index is 0.548. The number of imidazole rings is 1. The van der Waals surface area contributed by atoms with Gasteiger partial charge in [0.15, 0.2) is 11.7 Å². The maximum Gasteiger partial charge on any atom is 0.190 e. The molecule has 0 aliphatic carbocycles. The third-order valence-corrected chi connectivity index (χ3v) is 4.03. The number of rotatable bonds is 5. The Bertz CT molecular complexity index is 1090. The lowest BCUT2D eigenvalue weighted by atomic mass is 10.2. The van der Waals surface area contributed by atoms with Gasteiger partial charge in [-0.25, -0.2) is 9.98 Å². The van der Waals surface area contributed by atoms with E-state index in [-0.39, 0.29) is 0 Å². The number of aliphatic imine (C=N–C) groups is 1.